The minimum atomic E-state index is -0.139. The van der Waals surface area contributed by atoms with Crippen LogP contribution in [0.25, 0.3) is 10.8 Å². The fourth-order valence-electron chi connectivity index (χ4n) is 2.93. The molecular formula is C19H23NOS. The van der Waals surface area contributed by atoms with Gasteiger partial charge in [-0.25, -0.2) is 0 Å². The molecule has 2 atom stereocenters. The van der Waals surface area contributed by atoms with Crippen LogP contribution in [0.2, 0.25) is 0 Å². The summed E-state index contributed by atoms with van der Waals surface area (Å²) >= 11 is 1.85. The lowest BCUT2D eigenvalue weighted by Gasteiger charge is -2.31. The van der Waals surface area contributed by atoms with Crippen molar-refractivity contribution in [2.24, 2.45) is 10.9 Å². The molecule has 2 unspecified atom stereocenters. The highest BCUT2D eigenvalue weighted by Crippen LogP contribution is 2.38. The molecule has 3 rings (SSSR count). The summed E-state index contributed by atoms with van der Waals surface area (Å²) < 4.78 is 0. The van der Waals surface area contributed by atoms with Gasteiger partial charge in [-0.3, -0.25) is 4.99 Å². The molecule has 1 aliphatic rings. The number of aliphatic hydroxyl groups excluding tert-OH is 1. The molecule has 2 aromatic rings. The minimum Gasteiger partial charge on any atom is -0.396 e. The van der Waals surface area contributed by atoms with Crippen LogP contribution in [0, 0.1) is 5.92 Å². The molecule has 22 heavy (non-hydrogen) atoms. The molecule has 2 nitrogen and oxygen atoms in total. The SMILES string of the molecule is CC(CO)CC1=NC(C)(c2ccc3ccccc3c2)CCS1. The van der Waals surface area contributed by atoms with E-state index >= 15 is 0 Å². The van der Waals surface area contributed by atoms with Crippen LogP contribution >= 0.6 is 11.8 Å². The molecule has 0 aliphatic carbocycles. The summed E-state index contributed by atoms with van der Waals surface area (Å²) in [5, 5.41) is 13.0. The second-order valence-electron chi connectivity index (χ2n) is 6.43. The molecule has 1 heterocycles. The minimum absolute atomic E-state index is 0.139. The lowest BCUT2D eigenvalue weighted by atomic mass is 9.88. The normalized spacial score (nSPS) is 23.3. The summed E-state index contributed by atoms with van der Waals surface area (Å²) in [6, 6.07) is 15.2. The van der Waals surface area contributed by atoms with Crippen molar-refractivity contribution in [3.8, 4) is 0 Å². The number of aliphatic hydroxyl groups is 1. The summed E-state index contributed by atoms with van der Waals surface area (Å²) in [6.45, 7) is 4.54. The predicted octanol–water partition coefficient (Wildman–Crippen LogP) is 4.61. The first-order valence-electron chi connectivity index (χ1n) is 7.92. The Balaban J connectivity index is 1.94. The van der Waals surface area contributed by atoms with E-state index < -0.39 is 0 Å². The molecule has 116 valence electrons. The van der Waals surface area contributed by atoms with Crippen LogP contribution < -0.4 is 0 Å². The molecule has 1 N–H and O–H groups in total. The van der Waals surface area contributed by atoms with Crippen LogP contribution in [0.5, 0.6) is 0 Å². The first-order chi connectivity index (χ1) is 10.6. The van der Waals surface area contributed by atoms with Gasteiger partial charge in [0.2, 0.25) is 0 Å². The first-order valence-corrected chi connectivity index (χ1v) is 8.91. The van der Waals surface area contributed by atoms with Crippen LogP contribution in [0.1, 0.15) is 32.3 Å². The Kier molecular flexibility index (Phi) is 4.55. The van der Waals surface area contributed by atoms with Gasteiger partial charge in [0, 0.05) is 18.8 Å². The maximum Gasteiger partial charge on any atom is 0.0846 e. The number of nitrogens with zero attached hydrogens (tertiary/aromatic N) is 1. The highest BCUT2D eigenvalue weighted by Gasteiger charge is 2.30. The van der Waals surface area contributed by atoms with Gasteiger partial charge in [-0.2, -0.15) is 0 Å². The molecule has 0 bridgehead atoms. The molecule has 0 saturated heterocycles. The van der Waals surface area contributed by atoms with Gasteiger partial charge >= 0.3 is 0 Å². The van der Waals surface area contributed by atoms with Gasteiger partial charge in [-0.05, 0) is 41.7 Å². The second kappa shape index (κ2) is 6.43. The van der Waals surface area contributed by atoms with Crippen molar-refractivity contribution in [1.82, 2.24) is 0 Å². The fraction of sp³-hybridized carbons (Fsp3) is 0.421. The molecule has 1 aliphatic heterocycles. The van der Waals surface area contributed by atoms with Crippen LogP contribution in [-0.4, -0.2) is 22.5 Å². The molecule has 3 heteroatoms. The Labute approximate surface area is 136 Å². The van der Waals surface area contributed by atoms with Gasteiger partial charge < -0.3 is 5.11 Å². The zero-order valence-corrected chi connectivity index (χ0v) is 14.1. The molecule has 0 spiro atoms. The summed E-state index contributed by atoms with van der Waals surface area (Å²) in [4.78, 5) is 5.05. The topological polar surface area (TPSA) is 32.6 Å². The highest BCUT2D eigenvalue weighted by atomic mass is 32.2. The highest BCUT2D eigenvalue weighted by molar-refractivity contribution is 8.14. The molecule has 0 radical (unpaired) electrons. The van der Waals surface area contributed by atoms with E-state index in [9.17, 15) is 5.11 Å². The zero-order valence-electron chi connectivity index (χ0n) is 13.2. The van der Waals surface area contributed by atoms with E-state index in [1.807, 2.05) is 11.8 Å². The number of benzene rings is 2. The quantitative estimate of drug-likeness (QED) is 0.894. The van der Waals surface area contributed by atoms with Crippen LogP contribution in [-0.2, 0) is 5.54 Å². The maximum absolute atomic E-state index is 9.27. The van der Waals surface area contributed by atoms with Gasteiger partial charge in [0.25, 0.3) is 0 Å². The van der Waals surface area contributed by atoms with Gasteiger partial charge in [-0.1, -0.05) is 43.3 Å². The van der Waals surface area contributed by atoms with E-state index in [1.54, 1.807) is 0 Å². The molecule has 0 aromatic heterocycles. The van der Waals surface area contributed by atoms with E-state index in [0.29, 0.717) is 0 Å². The van der Waals surface area contributed by atoms with Crippen molar-refractivity contribution in [3.63, 3.8) is 0 Å². The summed E-state index contributed by atoms with van der Waals surface area (Å²) in [6.07, 6.45) is 1.94. The third-order valence-corrected chi connectivity index (χ3v) is 5.43. The van der Waals surface area contributed by atoms with Gasteiger partial charge in [0.1, 0.15) is 0 Å². The Bertz CT molecular complexity index is 697. The Hall–Kier alpha value is -1.32. The average molecular weight is 313 g/mol. The molecule has 0 amide bonds. The van der Waals surface area contributed by atoms with Crippen molar-refractivity contribution in [3.05, 3.63) is 48.0 Å². The van der Waals surface area contributed by atoms with Crippen molar-refractivity contribution in [1.29, 1.82) is 0 Å². The Morgan fingerprint density at radius 2 is 2.00 bits per heavy atom. The Morgan fingerprint density at radius 3 is 2.77 bits per heavy atom. The van der Waals surface area contributed by atoms with Crippen molar-refractivity contribution in [2.45, 2.75) is 32.2 Å². The largest absolute Gasteiger partial charge is 0.396 e. The van der Waals surface area contributed by atoms with E-state index in [1.165, 1.54) is 21.4 Å². The van der Waals surface area contributed by atoms with E-state index in [0.717, 1.165) is 18.6 Å². The third-order valence-electron chi connectivity index (χ3n) is 4.44. The first kappa shape index (κ1) is 15.6. The number of fused-ring (bicyclic) bond motifs is 1. The summed E-state index contributed by atoms with van der Waals surface area (Å²) in [5.41, 5.74) is 1.15. The van der Waals surface area contributed by atoms with E-state index in [4.69, 9.17) is 4.99 Å². The zero-order chi connectivity index (χ0) is 15.6. The molecule has 2 aromatic carbocycles. The van der Waals surface area contributed by atoms with Crippen molar-refractivity contribution in [2.75, 3.05) is 12.4 Å². The Morgan fingerprint density at radius 1 is 1.23 bits per heavy atom. The summed E-state index contributed by atoms with van der Waals surface area (Å²) in [7, 11) is 0. The summed E-state index contributed by atoms with van der Waals surface area (Å²) in [5.74, 6) is 1.38. The number of thioether (sulfide) groups is 1. The maximum atomic E-state index is 9.27. The standard InChI is InChI=1S/C19H23NOS/c1-14(13-21)11-18-20-19(2,9-10-22-18)17-8-7-15-5-3-4-6-16(15)12-17/h3-8,12,14,21H,9-11,13H2,1-2H3. The third kappa shape index (κ3) is 3.21. The fourth-order valence-corrected chi connectivity index (χ4v) is 4.33. The molecule has 0 fully saturated rings. The lowest BCUT2D eigenvalue weighted by molar-refractivity contribution is 0.241. The second-order valence-corrected chi connectivity index (χ2v) is 7.60. The number of hydrogen-bond acceptors (Lipinski definition) is 3. The van der Waals surface area contributed by atoms with E-state index in [2.05, 4.69) is 56.3 Å². The van der Waals surface area contributed by atoms with Crippen LogP contribution in [0.3, 0.4) is 0 Å². The van der Waals surface area contributed by atoms with Gasteiger partial charge in [0.05, 0.1) is 10.6 Å². The van der Waals surface area contributed by atoms with Crippen LogP contribution in [0.4, 0.5) is 0 Å². The monoisotopic (exact) mass is 313 g/mol. The van der Waals surface area contributed by atoms with Gasteiger partial charge in [-0.15, -0.1) is 11.8 Å². The smallest absolute Gasteiger partial charge is 0.0846 e. The lowest BCUT2D eigenvalue weighted by Crippen LogP contribution is -2.26. The number of hydrogen-bond donors (Lipinski definition) is 1. The van der Waals surface area contributed by atoms with E-state index in [-0.39, 0.29) is 18.1 Å². The van der Waals surface area contributed by atoms with Crippen molar-refractivity contribution < 1.29 is 5.11 Å². The average Bonchev–Trinajstić information content (AvgIpc) is 2.54. The molecular weight excluding hydrogens is 290 g/mol. The van der Waals surface area contributed by atoms with Gasteiger partial charge in [0.15, 0.2) is 0 Å². The number of rotatable bonds is 4. The number of aliphatic imine (C=N–C) groups is 1. The van der Waals surface area contributed by atoms with Crippen LogP contribution in [0.15, 0.2) is 47.5 Å². The van der Waals surface area contributed by atoms with Crippen molar-refractivity contribution >= 4 is 27.6 Å². The molecule has 0 saturated carbocycles. The predicted molar refractivity (Wildman–Crippen MR) is 96.7 cm³/mol.